The number of nitrogens with zero attached hydrogens (tertiary/aromatic N) is 1. The average molecular weight is 326 g/mol. The van der Waals surface area contributed by atoms with Crippen molar-refractivity contribution >= 4 is 27.5 Å². The Kier molecular flexibility index (Phi) is 3.46. The molecule has 1 fully saturated rings. The monoisotopic (exact) mass is 326 g/mol. The van der Waals surface area contributed by atoms with Crippen LogP contribution in [0.5, 0.6) is 0 Å². The van der Waals surface area contributed by atoms with E-state index in [1.54, 1.807) is 0 Å². The summed E-state index contributed by atoms with van der Waals surface area (Å²) in [6, 6.07) is 9.74. The van der Waals surface area contributed by atoms with Crippen molar-refractivity contribution in [2.45, 2.75) is 19.4 Å². The molecule has 2 heterocycles. The van der Waals surface area contributed by atoms with Crippen LogP contribution in [-0.4, -0.2) is 15.9 Å². The van der Waals surface area contributed by atoms with E-state index in [-0.39, 0.29) is 24.1 Å². The molecule has 1 N–H and O–H groups in total. The van der Waals surface area contributed by atoms with Crippen molar-refractivity contribution in [1.82, 2.24) is 9.97 Å². The number of carbonyl (C=O) groups is 1. The van der Waals surface area contributed by atoms with Crippen LogP contribution < -0.4 is 5.56 Å². The van der Waals surface area contributed by atoms with E-state index < -0.39 is 0 Å². The number of carbonyl (C=O) groups excluding carboxylic acids is 1. The minimum atomic E-state index is -0.205. The molecule has 1 aliphatic carbocycles. The lowest BCUT2D eigenvalue weighted by molar-refractivity contribution is -0.146. The molecule has 1 aliphatic rings. The topological polar surface area (TPSA) is 72.0 Å². The first kappa shape index (κ1) is 14.1. The van der Waals surface area contributed by atoms with E-state index in [1.165, 1.54) is 11.3 Å². The van der Waals surface area contributed by atoms with Gasteiger partial charge in [-0.25, -0.2) is 4.98 Å². The van der Waals surface area contributed by atoms with Gasteiger partial charge in [0.15, 0.2) is 0 Å². The second kappa shape index (κ2) is 5.62. The molecule has 6 heteroatoms. The van der Waals surface area contributed by atoms with E-state index in [2.05, 4.69) is 9.97 Å². The number of fused-ring (bicyclic) bond motifs is 1. The Hall–Kier alpha value is -2.47. The number of ether oxygens (including phenoxy) is 1. The quantitative estimate of drug-likeness (QED) is 0.748. The zero-order valence-electron chi connectivity index (χ0n) is 12.2. The predicted molar refractivity (Wildman–Crippen MR) is 88.2 cm³/mol. The highest BCUT2D eigenvalue weighted by molar-refractivity contribution is 7.17. The minimum absolute atomic E-state index is 0.0130. The lowest BCUT2D eigenvalue weighted by atomic mass is 10.1. The minimum Gasteiger partial charge on any atom is -0.457 e. The van der Waals surface area contributed by atoms with Gasteiger partial charge in [-0.3, -0.25) is 9.59 Å². The van der Waals surface area contributed by atoms with Crippen molar-refractivity contribution in [3.63, 3.8) is 0 Å². The Morgan fingerprint density at radius 3 is 2.83 bits per heavy atom. The molecule has 0 radical (unpaired) electrons. The highest BCUT2D eigenvalue weighted by Gasteiger charge is 2.31. The lowest BCUT2D eigenvalue weighted by Crippen LogP contribution is -2.14. The van der Waals surface area contributed by atoms with Gasteiger partial charge in [-0.1, -0.05) is 30.3 Å². The summed E-state index contributed by atoms with van der Waals surface area (Å²) in [6.45, 7) is 0.0130. The smallest absolute Gasteiger partial charge is 0.309 e. The Morgan fingerprint density at radius 1 is 1.30 bits per heavy atom. The summed E-state index contributed by atoms with van der Waals surface area (Å²) in [4.78, 5) is 31.8. The molecule has 0 atom stereocenters. The van der Waals surface area contributed by atoms with Crippen molar-refractivity contribution in [3.05, 3.63) is 51.9 Å². The summed E-state index contributed by atoms with van der Waals surface area (Å²) < 4.78 is 5.18. The summed E-state index contributed by atoms with van der Waals surface area (Å²) in [5.74, 6) is 0.221. The van der Waals surface area contributed by atoms with E-state index in [9.17, 15) is 9.59 Å². The van der Waals surface area contributed by atoms with Crippen molar-refractivity contribution in [2.24, 2.45) is 5.92 Å². The van der Waals surface area contributed by atoms with Gasteiger partial charge >= 0.3 is 5.97 Å². The van der Waals surface area contributed by atoms with Crippen LogP contribution in [0.3, 0.4) is 0 Å². The first-order valence-corrected chi connectivity index (χ1v) is 8.33. The standard InChI is InChI=1S/C17H14N2O3S/c20-15-14-12(10-4-2-1-3-5-10)9-23-16(14)19-13(18-15)8-22-17(21)11-6-7-11/h1-5,9,11H,6-8H2,(H,18,19,20). The number of hydrogen-bond donors (Lipinski definition) is 1. The van der Waals surface area contributed by atoms with Gasteiger partial charge in [0, 0.05) is 10.9 Å². The first-order valence-electron chi connectivity index (χ1n) is 7.45. The SMILES string of the molecule is O=C(OCc1nc2scc(-c3ccccc3)c2c(=O)[nH]1)C1CC1. The van der Waals surface area contributed by atoms with Gasteiger partial charge in [0.05, 0.1) is 11.3 Å². The van der Waals surface area contributed by atoms with Crippen molar-refractivity contribution in [2.75, 3.05) is 0 Å². The fourth-order valence-corrected chi connectivity index (χ4v) is 3.44. The molecular formula is C17H14N2O3S. The van der Waals surface area contributed by atoms with Gasteiger partial charge in [0.1, 0.15) is 17.3 Å². The molecule has 0 amide bonds. The molecule has 116 valence electrons. The van der Waals surface area contributed by atoms with Crippen LogP contribution in [0.25, 0.3) is 21.3 Å². The molecule has 0 aliphatic heterocycles. The van der Waals surface area contributed by atoms with Crippen LogP contribution in [0, 0.1) is 5.92 Å². The number of esters is 1. The Morgan fingerprint density at radius 2 is 2.09 bits per heavy atom. The van der Waals surface area contributed by atoms with Crippen molar-refractivity contribution in [1.29, 1.82) is 0 Å². The summed E-state index contributed by atoms with van der Waals surface area (Å²) >= 11 is 1.42. The maximum absolute atomic E-state index is 12.4. The Bertz CT molecular complexity index is 926. The Labute approximate surface area is 136 Å². The van der Waals surface area contributed by atoms with Crippen LogP contribution in [0.1, 0.15) is 18.7 Å². The number of nitrogens with one attached hydrogen (secondary N) is 1. The zero-order chi connectivity index (χ0) is 15.8. The third kappa shape index (κ3) is 2.77. The molecule has 23 heavy (non-hydrogen) atoms. The van der Waals surface area contributed by atoms with Gasteiger partial charge in [0.25, 0.3) is 5.56 Å². The van der Waals surface area contributed by atoms with E-state index in [0.717, 1.165) is 24.0 Å². The molecule has 3 aromatic rings. The largest absolute Gasteiger partial charge is 0.457 e. The van der Waals surface area contributed by atoms with E-state index in [1.807, 2.05) is 35.7 Å². The molecule has 0 saturated heterocycles. The first-order chi connectivity index (χ1) is 11.2. The van der Waals surface area contributed by atoms with Crippen molar-refractivity contribution in [3.8, 4) is 11.1 Å². The average Bonchev–Trinajstić information content (AvgIpc) is 3.33. The number of hydrogen-bond acceptors (Lipinski definition) is 5. The second-order valence-corrected chi connectivity index (χ2v) is 6.45. The number of rotatable bonds is 4. The number of H-pyrrole nitrogens is 1. The molecule has 1 saturated carbocycles. The molecule has 0 bridgehead atoms. The number of aromatic amines is 1. The molecule has 1 aromatic carbocycles. The third-order valence-electron chi connectivity index (χ3n) is 3.84. The van der Waals surface area contributed by atoms with Gasteiger partial charge < -0.3 is 9.72 Å². The number of thiophene rings is 1. The highest BCUT2D eigenvalue weighted by atomic mass is 32.1. The van der Waals surface area contributed by atoms with Gasteiger partial charge in [0.2, 0.25) is 0 Å². The summed E-state index contributed by atoms with van der Waals surface area (Å²) in [5.41, 5.74) is 1.66. The maximum atomic E-state index is 12.4. The molecule has 4 rings (SSSR count). The Balaban J connectivity index is 1.66. The van der Waals surface area contributed by atoms with Gasteiger partial charge in [-0.2, -0.15) is 0 Å². The molecule has 5 nitrogen and oxygen atoms in total. The summed E-state index contributed by atoms with van der Waals surface area (Å²) in [7, 11) is 0. The maximum Gasteiger partial charge on any atom is 0.309 e. The van der Waals surface area contributed by atoms with E-state index in [0.29, 0.717) is 16.0 Å². The van der Waals surface area contributed by atoms with Gasteiger partial charge in [-0.05, 0) is 18.4 Å². The molecule has 0 unspecified atom stereocenters. The fourth-order valence-electron chi connectivity index (χ4n) is 2.47. The summed E-state index contributed by atoms with van der Waals surface area (Å²) in [6.07, 6.45) is 1.79. The lowest BCUT2D eigenvalue weighted by Gasteiger charge is -2.04. The molecule has 0 spiro atoms. The summed E-state index contributed by atoms with van der Waals surface area (Å²) in [5, 5.41) is 2.51. The van der Waals surface area contributed by atoms with Crippen LogP contribution in [0.4, 0.5) is 0 Å². The zero-order valence-corrected chi connectivity index (χ0v) is 13.1. The van der Waals surface area contributed by atoms with E-state index in [4.69, 9.17) is 4.74 Å². The van der Waals surface area contributed by atoms with Crippen LogP contribution >= 0.6 is 11.3 Å². The normalized spacial score (nSPS) is 14.1. The number of benzene rings is 1. The number of aromatic nitrogens is 2. The fraction of sp³-hybridized carbons (Fsp3) is 0.235. The molecule has 2 aromatic heterocycles. The predicted octanol–water partition coefficient (Wildman–Crippen LogP) is 3.10. The second-order valence-electron chi connectivity index (χ2n) is 5.59. The van der Waals surface area contributed by atoms with Crippen molar-refractivity contribution < 1.29 is 9.53 Å². The third-order valence-corrected chi connectivity index (χ3v) is 4.71. The van der Waals surface area contributed by atoms with Crippen LogP contribution in [0.15, 0.2) is 40.5 Å². The van der Waals surface area contributed by atoms with Crippen LogP contribution in [0.2, 0.25) is 0 Å². The van der Waals surface area contributed by atoms with Crippen LogP contribution in [-0.2, 0) is 16.1 Å². The van der Waals surface area contributed by atoms with Gasteiger partial charge in [-0.15, -0.1) is 11.3 Å². The highest BCUT2D eigenvalue weighted by Crippen LogP contribution is 2.31. The van der Waals surface area contributed by atoms with E-state index >= 15 is 0 Å². The molecular weight excluding hydrogens is 312 g/mol.